The van der Waals surface area contributed by atoms with Crippen LogP contribution in [0.3, 0.4) is 0 Å². The van der Waals surface area contributed by atoms with E-state index in [0.29, 0.717) is 18.8 Å². The van der Waals surface area contributed by atoms with Crippen LogP contribution in [0.5, 0.6) is 0 Å². The van der Waals surface area contributed by atoms with E-state index in [1.54, 1.807) is 50.7 Å². The zero-order chi connectivity index (χ0) is 17.2. The third-order valence-electron chi connectivity index (χ3n) is 3.76. The standard InChI is InChI=1S/C16H25N3O4/c1-16(2,3)23-15(22)19-9-11(13(20)10-19)8-17-14(21)12-6-5-7-18(12)4/h5-7,11,13,20H,8-10H2,1-4H3,(H,17,21)/t11-,13-/m0/s1. The lowest BCUT2D eigenvalue weighted by Crippen LogP contribution is -2.37. The van der Waals surface area contributed by atoms with E-state index >= 15 is 0 Å². The van der Waals surface area contributed by atoms with Crippen LogP contribution in [-0.2, 0) is 11.8 Å². The van der Waals surface area contributed by atoms with Gasteiger partial charge < -0.3 is 24.6 Å². The first-order chi connectivity index (χ1) is 10.7. The number of hydrogen-bond donors (Lipinski definition) is 2. The number of β-amino-alcohol motifs (C(OH)–C–C–N with tert-alkyl or cyclic N) is 1. The topological polar surface area (TPSA) is 83.8 Å². The molecule has 0 radical (unpaired) electrons. The summed E-state index contributed by atoms with van der Waals surface area (Å²) in [4.78, 5) is 25.6. The maximum Gasteiger partial charge on any atom is 0.410 e. The number of hydrogen-bond acceptors (Lipinski definition) is 4. The second-order valence-electron chi connectivity index (χ2n) is 6.93. The van der Waals surface area contributed by atoms with Gasteiger partial charge in [-0.3, -0.25) is 4.79 Å². The molecule has 0 aromatic carbocycles. The monoisotopic (exact) mass is 323 g/mol. The summed E-state index contributed by atoms with van der Waals surface area (Å²) in [5, 5.41) is 12.9. The summed E-state index contributed by atoms with van der Waals surface area (Å²) < 4.78 is 7.03. The highest BCUT2D eigenvalue weighted by Crippen LogP contribution is 2.19. The van der Waals surface area contributed by atoms with Gasteiger partial charge in [-0.15, -0.1) is 0 Å². The Kier molecular flexibility index (Phi) is 4.99. The lowest BCUT2D eigenvalue weighted by molar-refractivity contribution is 0.0269. The lowest BCUT2D eigenvalue weighted by Gasteiger charge is -2.24. The quantitative estimate of drug-likeness (QED) is 0.868. The Balaban J connectivity index is 1.86. The molecule has 2 rings (SSSR count). The molecule has 2 atom stereocenters. The average Bonchev–Trinajstić information content (AvgIpc) is 3.00. The van der Waals surface area contributed by atoms with Crippen LogP contribution in [0.1, 0.15) is 31.3 Å². The second kappa shape index (κ2) is 6.62. The van der Waals surface area contributed by atoms with Gasteiger partial charge in [-0.05, 0) is 32.9 Å². The molecule has 0 bridgehead atoms. The van der Waals surface area contributed by atoms with Crippen molar-refractivity contribution in [2.75, 3.05) is 19.6 Å². The molecule has 2 heterocycles. The number of aryl methyl sites for hydroxylation is 1. The van der Waals surface area contributed by atoms with Gasteiger partial charge in [0.05, 0.1) is 12.6 Å². The minimum atomic E-state index is -0.670. The molecule has 1 aliphatic heterocycles. The van der Waals surface area contributed by atoms with Crippen LogP contribution in [0.2, 0.25) is 0 Å². The van der Waals surface area contributed by atoms with Crippen molar-refractivity contribution in [1.82, 2.24) is 14.8 Å². The average molecular weight is 323 g/mol. The molecular weight excluding hydrogens is 298 g/mol. The normalized spacial score (nSPS) is 21.3. The molecule has 0 aliphatic carbocycles. The number of amides is 2. The molecule has 1 aromatic heterocycles. The van der Waals surface area contributed by atoms with Crippen LogP contribution in [0.15, 0.2) is 18.3 Å². The number of ether oxygens (including phenoxy) is 1. The first-order valence-corrected chi connectivity index (χ1v) is 7.73. The zero-order valence-corrected chi connectivity index (χ0v) is 14.1. The van der Waals surface area contributed by atoms with E-state index < -0.39 is 17.8 Å². The van der Waals surface area contributed by atoms with Crippen molar-refractivity contribution in [3.05, 3.63) is 24.0 Å². The Morgan fingerprint density at radius 2 is 2.09 bits per heavy atom. The Hall–Kier alpha value is -2.02. The number of nitrogens with one attached hydrogen (secondary N) is 1. The van der Waals surface area contributed by atoms with Crippen LogP contribution in [0, 0.1) is 5.92 Å². The minimum Gasteiger partial charge on any atom is -0.444 e. The van der Waals surface area contributed by atoms with Crippen LogP contribution >= 0.6 is 0 Å². The smallest absolute Gasteiger partial charge is 0.410 e. The summed E-state index contributed by atoms with van der Waals surface area (Å²) in [5.74, 6) is -0.396. The predicted molar refractivity (Wildman–Crippen MR) is 85.1 cm³/mol. The molecule has 128 valence electrons. The fraction of sp³-hybridized carbons (Fsp3) is 0.625. The summed E-state index contributed by atoms with van der Waals surface area (Å²) in [6.07, 6.45) is 0.688. The highest BCUT2D eigenvalue weighted by atomic mass is 16.6. The maximum absolute atomic E-state index is 12.1. The number of likely N-dealkylation sites (tertiary alicyclic amines) is 1. The third-order valence-corrected chi connectivity index (χ3v) is 3.76. The van der Waals surface area contributed by atoms with Crippen molar-refractivity contribution in [3.8, 4) is 0 Å². The first kappa shape index (κ1) is 17.3. The van der Waals surface area contributed by atoms with E-state index in [0.717, 1.165) is 0 Å². The van der Waals surface area contributed by atoms with Gasteiger partial charge in [0.15, 0.2) is 0 Å². The van der Waals surface area contributed by atoms with Crippen molar-refractivity contribution in [3.63, 3.8) is 0 Å². The van der Waals surface area contributed by atoms with Crippen molar-refractivity contribution in [2.45, 2.75) is 32.5 Å². The van der Waals surface area contributed by atoms with Crippen molar-refractivity contribution in [2.24, 2.45) is 13.0 Å². The van der Waals surface area contributed by atoms with E-state index in [2.05, 4.69) is 5.32 Å². The molecular formula is C16H25N3O4. The van der Waals surface area contributed by atoms with Gasteiger partial charge in [-0.1, -0.05) is 0 Å². The van der Waals surface area contributed by atoms with Crippen molar-refractivity contribution in [1.29, 1.82) is 0 Å². The fourth-order valence-corrected chi connectivity index (χ4v) is 2.54. The van der Waals surface area contributed by atoms with Crippen LogP contribution in [-0.4, -0.2) is 57.9 Å². The molecule has 0 spiro atoms. The summed E-state index contributed by atoms with van der Waals surface area (Å²) in [6.45, 7) is 6.30. The van der Waals surface area contributed by atoms with E-state index in [-0.39, 0.29) is 18.4 Å². The number of carbonyl (C=O) groups excluding carboxylic acids is 2. The zero-order valence-electron chi connectivity index (χ0n) is 14.1. The van der Waals surface area contributed by atoms with Gasteiger partial charge in [0.25, 0.3) is 5.91 Å². The predicted octanol–water partition coefficient (Wildman–Crippen LogP) is 0.983. The summed E-state index contributed by atoms with van der Waals surface area (Å²) in [5.41, 5.74) is -0.0116. The molecule has 2 amide bonds. The first-order valence-electron chi connectivity index (χ1n) is 7.73. The summed E-state index contributed by atoms with van der Waals surface area (Å²) in [6, 6.07) is 3.52. The van der Waals surface area contributed by atoms with Crippen molar-refractivity contribution >= 4 is 12.0 Å². The van der Waals surface area contributed by atoms with Gasteiger partial charge in [0.1, 0.15) is 11.3 Å². The molecule has 1 saturated heterocycles. The van der Waals surface area contributed by atoms with Gasteiger partial charge in [0, 0.05) is 32.3 Å². The van der Waals surface area contributed by atoms with Gasteiger partial charge in [0.2, 0.25) is 0 Å². The summed E-state index contributed by atoms with van der Waals surface area (Å²) in [7, 11) is 1.80. The summed E-state index contributed by atoms with van der Waals surface area (Å²) >= 11 is 0. The van der Waals surface area contributed by atoms with Gasteiger partial charge >= 0.3 is 6.09 Å². The molecule has 1 aliphatic rings. The second-order valence-corrected chi connectivity index (χ2v) is 6.93. The molecule has 0 saturated carbocycles. The van der Waals surface area contributed by atoms with Crippen LogP contribution in [0.4, 0.5) is 4.79 Å². The Labute approximate surface area is 136 Å². The third kappa shape index (κ3) is 4.48. The number of nitrogens with zero attached hydrogens (tertiary/aromatic N) is 2. The van der Waals surface area contributed by atoms with Gasteiger partial charge in [-0.2, -0.15) is 0 Å². The highest BCUT2D eigenvalue weighted by Gasteiger charge is 2.36. The number of aliphatic hydroxyl groups is 1. The van der Waals surface area contributed by atoms with Crippen molar-refractivity contribution < 1.29 is 19.4 Å². The number of aromatic nitrogens is 1. The fourth-order valence-electron chi connectivity index (χ4n) is 2.54. The Morgan fingerprint density at radius 3 is 2.65 bits per heavy atom. The minimum absolute atomic E-state index is 0.194. The lowest BCUT2D eigenvalue weighted by atomic mass is 10.1. The van der Waals surface area contributed by atoms with E-state index in [4.69, 9.17) is 4.74 Å². The molecule has 7 heteroatoms. The van der Waals surface area contributed by atoms with E-state index in [1.165, 1.54) is 4.90 Å². The number of rotatable bonds is 3. The SMILES string of the molecule is Cn1cccc1C(=O)NC[C@H]1CN(C(=O)OC(C)(C)C)C[C@@H]1O. The highest BCUT2D eigenvalue weighted by molar-refractivity contribution is 5.92. The molecule has 2 N–H and O–H groups in total. The van der Waals surface area contributed by atoms with E-state index in [9.17, 15) is 14.7 Å². The molecule has 1 fully saturated rings. The Morgan fingerprint density at radius 1 is 1.39 bits per heavy atom. The maximum atomic E-state index is 12.1. The van der Waals surface area contributed by atoms with Gasteiger partial charge in [-0.25, -0.2) is 4.79 Å². The van der Waals surface area contributed by atoms with Crippen LogP contribution in [0.25, 0.3) is 0 Å². The number of carbonyl (C=O) groups is 2. The molecule has 23 heavy (non-hydrogen) atoms. The number of aliphatic hydroxyl groups excluding tert-OH is 1. The molecule has 0 unspecified atom stereocenters. The largest absolute Gasteiger partial charge is 0.444 e. The molecule has 7 nitrogen and oxygen atoms in total. The molecule has 1 aromatic rings. The van der Waals surface area contributed by atoms with E-state index in [1.807, 2.05) is 0 Å². The Bertz CT molecular complexity index is 576. The van der Waals surface area contributed by atoms with Crippen LogP contribution < -0.4 is 5.32 Å².